The van der Waals surface area contributed by atoms with Gasteiger partial charge in [0.05, 0.1) is 4.47 Å². The van der Waals surface area contributed by atoms with E-state index in [1.165, 1.54) is 12.1 Å². The summed E-state index contributed by atoms with van der Waals surface area (Å²) in [6.45, 7) is 6.43. The SMILES string of the molecule is CCN1CCN(C(=O)c2ccc(F)c(Br)c2)CC1. The molecular weight excluding hydrogens is 299 g/mol. The Morgan fingerprint density at radius 1 is 1.33 bits per heavy atom. The minimum Gasteiger partial charge on any atom is -0.336 e. The van der Waals surface area contributed by atoms with E-state index in [1.807, 2.05) is 4.90 Å². The van der Waals surface area contributed by atoms with E-state index in [0.29, 0.717) is 10.0 Å². The van der Waals surface area contributed by atoms with Crippen molar-refractivity contribution in [1.29, 1.82) is 0 Å². The monoisotopic (exact) mass is 314 g/mol. The predicted molar refractivity (Wildman–Crippen MR) is 72.1 cm³/mol. The zero-order valence-corrected chi connectivity index (χ0v) is 11.9. The van der Waals surface area contributed by atoms with Gasteiger partial charge in [-0.1, -0.05) is 6.92 Å². The van der Waals surface area contributed by atoms with Crippen LogP contribution in [0, 0.1) is 5.82 Å². The first-order valence-corrected chi connectivity index (χ1v) is 6.87. The van der Waals surface area contributed by atoms with E-state index in [-0.39, 0.29) is 11.7 Å². The average Bonchev–Trinajstić information content (AvgIpc) is 2.41. The van der Waals surface area contributed by atoms with E-state index in [1.54, 1.807) is 6.07 Å². The molecule has 1 aliphatic rings. The van der Waals surface area contributed by atoms with E-state index in [0.717, 1.165) is 32.7 Å². The molecular formula is C13H16BrFN2O. The fourth-order valence-electron chi connectivity index (χ4n) is 2.08. The van der Waals surface area contributed by atoms with Crippen molar-refractivity contribution in [1.82, 2.24) is 9.80 Å². The van der Waals surface area contributed by atoms with Gasteiger partial charge in [0.1, 0.15) is 5.82 Å². The Morgan fingerprint density at radius 3 is 2.56 bits per heavy atom. The van der Waals surface area contributed by atoms with Crippen LogP contribution in [-0.2, 0) is 0 Å². The van der Waals surface area contributed by atoms with Crippen LogP contribution in [0.4, 0.5) is 4.39 Å². The van der Waals surface area contributed by atoms with Crippen LogP contribution < -0.4 is 0 Å². The van der Waals surface area contributed by atoms with Crippen molar-refractivity contribution in [2.75, 3.05) is 32.7 Å². The van der Waals surface area contributed by atoms with Crippen LogP contribution in [0.1, 0.15) is 17.3 Å². The Bertz CT molecular complexity index is 445. The molecule has 0 aromatic heterocycles. The van der Waals surface area contributed by atoms with Gasteiger partial charge in [0.15, 0.2) is 0 Å². The van der Waals surface area contributed by atoms with Crippen LogP contribution in [0.5, 0.6) is 0 Å². The Balaban J connectivity index is 2.05. The van der Waals surface area contributed by atoms with E-state index in [4.69, 9.17) is 0 Å². The molecule has 1 amide bonds. The molecule has 98 valence electrons. The van der Waals surface area contributed by atoms with Crippen molar-refractivity contribution < 1.29 is 9.18 Å². The van der Waals surface area contributed by atoms with Gasteiger partial charge in [0.2, 0.25) is 0 Å². The summed E-state index contributed by atoms with van der Waals surface area (Å²) in [5.41, 5.74) is 0.535. The van der Waals surface area contributed by atoms with Gasteiger partial charge < -0.3 is 9.80 Å². The van der Waals surface area contributed by atoms with Crippen molar-refractivity contribution in [2.24, 2.45) is 0 Å². The molecule has 1 saturated heterocycles. The molecule has 0 bridgehead atoms. The molecule has 1 aromatic rings. The molecule has 18 heavy (non-hydrogen) atoms. The fraction of sp³-hybridized carbons (Fsp3) is 0.462. The molecule has 0 N–H and O–H groups in total. The Labute approximate surface area is 115 Å². The maximum atomic E-state index is 13.1. The van der Waals surface area contributed by atoms with E-state index < -0.39 is 0 Å². The number of carbonyl (C=O) groups excluding carboxylic acids is 1. The van der Waals surface area contributed by atoms with Gasteiger partial charge in [-0.05, 0) is 40.7 Å². The smallest absolute Gasteiger partial charge is 0.253 e. The summed E-state index contributed by atoms with van der Waals surface area (Å²) in [6.07, 6.45) is 0. The summed E-state index contributed by atoms with van der Waals surface area (Å²) in [5.74, 6) is -0.367. The second-order valence-electron chi connectivity index (χ2n) is 4.36. The number of benzene rings is 1. The van der Waals surface area contributed by atoms with Crippen LogP contribution in [-0.4, -0.2) is 48.4 Å². The molecule has 0 spiro atoms. The second kappa shape index (κ2) is 5.80. The topological polar surface area (TPSA) is 23.6 Å². The summed E-state index contributed by atoms with van der Waals surface area (Å²) >= 11 is 3.11. The minimum atomic E-state index is -0.345. The van der Waals surface area contributed by atoms with Crippen LogP contribution in [0.3, 0.4) is 0 Å². The summed E-state index contributed by atoms with van der Waals surface area (Å²) in [5, 5.41) is 0. The van der Waals surface area contributed by atoms with Crippen LogP contribution >= 0.6 is 15.9 Å². The summed E-state index contributed by atoms with van der Waals surface area (Å²) in [4.78, 5) is 16.4. The van der Waals surface area contributed by atoms with Gasteiger partial charge in [0, 0.05) is 31.7 Å². The highest BCUT2D eigenvalue weighted by molar-refractivity contribution is 9.10. The first-order valence-electron chi connectivity index (χ1n) is 6.08. The third-order valence-electron chi connectivity index (χ3n) is 3.27. The van der Waals surface area contributed by atoms with E-state index >= 15 is 0 Å². The zero-order valence-electron chi connectivity index (χ0n) is 10.3. The van der Waals surface area contributed by atoms with Crippen LogP contribution in [0.2, 0.25) is 0 Å². The molecule has 3 nitrogen and oxygen atoms in total. The molecule has 0 radical (unpaired) electrons. The standard InChI is InChI=1S/C13H16BrFN2O/c1-2-16-5-7-17(8-6-16)13(18)10-3-4-12(15)11(14)9-10/h3-4,9H,2,5-8H2,1H3. The lowest BCUT2D eigenvalue weighted by molar-refractivity contribution is 0.0643. The number of carbonyl (C=O) groups is 1. The highest BCUT2D eigenvalue weighted by atomic mass is 79.9. The average molecular weight is 315 g/mol. The predicted octanol–water partition coefficient (Wildman–Crippen LogP) is 2.37. The number of amides is 1. The summed E-state index contributed by atoms with van der Waals surface area (Å²) < 4.78 is 13.5. The lowest BCUT2D eigenvalue weighted by atomic mass is 10.2. The normalized spacial score (nSPS) is 16.9. The first kappa shape index (κ1) is 13.5. The molecule has 0 unspecified atom stereocenters. The molecule has 2 rings (SSSR count). The van der Waals surface area contributed by atoms with E-state index in [9.17, 15) is 9.18 Å². The van der Waals surface area contributed by atoms with Crippen molar-refractivity contribution in [3.63, 3.8) is 0 Å². The highest BCUT2D eigenvalue weighted by Gasteiger charge is 2.21. The van der Waals surface area contributed by atoms with Crippen LogP contribution in [0.15, 0.2) is 22.7 Å². The van der Waals surface area contributed by atoms with Crippen molar-refractivity contribution >= 4 is 21.8 Å². The van der Waals surface area contributed by atoms with Crippen molar-refractivity contribution in [3.05, 3.63) is 34.1 Å². The Hall–Kier alpha value is -0.940. The van der Waals surface area contributed by atoms with E-state index in [2.05, 4.69) is 27.8 Å². The van der Waals surface area contributed by atoms with Gasteiger partial charge in [-0.15, -0.1) is 0 Å². The quantitative estimate of drug-likeness (QED) is 0.836. The number of hydrogen-bond acceptors (Lipinski definition) is 2. The fourth-order valence-corrected chi connectivity index (χ4v) is 2.46. The molecule has 1 fully saturated rings. The number of rotatable bonds is 2. The van der Waals surface area contributed by atoms with Crippen molar-refractivity contribution in [2.45, 2.75) is 6.92 Å². The second-order valence-corrected chi connectivity index (χ2v) is 5.21. The van der Waals surface area contributed by atoms with Gasteiger partial charge in [0.25, 0.3) is 5.91 Å². The number of halogens is 2. The number of hydrogen-bond donors (Lipinski definition) is 0. The Morgan fingerprint density at radius 2 is 2.00 bits per heavy atom. The minimum absolute atomic E-state index is 0.0218. The maximum absolute atomic E-state index is 13.1. The van der Waals surface area contributed by atoms with Crippen LogP contribution in [0.25, 0.3) is 0 Å². The molecule has 0 saturated carbocycles. The lowest BCUT2D eigenvalue weighted by Gasteiger charge is -2.34. The molecule has 1 aromatic carbocycles. The Kier molecular flexibility index (Phi) is 4.35. The third kappa shape index (κ3) is 2.90. The number of piperazine rings is 1. The maximum Gasteiger partial charge on any atom is 0.253 e. The van der Waals surface area contributed by atoms with Gasteiger partial charge in [-0.2, -0.15) is 0 Å². The summed E-state index contributed by atoms with van der Waals surface area (Å²) in [6, 6.07) is 4.40. The largest absolute Gasteiger partial charge is 0.336 e. The molecule has 5 heteroatoms. The molecule has 0 aliphatic carbocycles. The summed E-state index contributed by atoms with van der Waals surface area (Å²) in [7, 11) is 0. The molecule has 0 atom stereocenters. The number of likely N-dealkylation sites (N-methyl/N-ethyl adjacent to an activating group) is 1. The van der Waals surface area contributed by atoms with Gasteiger partial charge in [-0.3, -0.25) is 4.79 Å². The van der Waals surface area contributed by atoms with Gasteiger partial charge >= 0.3 is 0 Å². The van der Waals surface area contributed by atoms with Gasteiger partial charge in [-0.25, -0.2) is 4.39 Å². The molecule has 1 aliphatic heterocycles. The highest BCUT2D eigenvalue weighted by Crippen LogP contribution is 2.18. The first-order chi connectivity index (χ1) is 8.61. The number of nitrogens with zero attached hydrogens (tertiary/aromatic N) is 2. The zero-order chi connectivity index (χ0) is 13.1. The molecule has 1 heterocycles. The lowest BCUT2D eigenvalue weighted by Crippen LogP contribution is -2.48. The van der Waals surface area contributed by atoms with Crippen molar-refractivity contribution in [3.8, 4) is 0 Å². The third-order valence-corrected chi connectivity index (χ3v) is 3.88.